The third-order valence-electron chi connectivity index (χ3n) is 7.24. The highest BCUT2D eigenvalue weighted by Crippen LogP contribution is 2.25. The van der Waals surface area contributed by atoms with E-state index in [0.717, 1.165) is 32.3 Å². The van der Waals surface area contributed by atoms with Gasteiger partial charge >= 0.3 is 0 Å². The van der Waals surface area contributed by atoms with E-state index < -0.39 is 0 Å². The summed E-state index contributed by atoms with van der Waals surface area (Å²) in [6, 6.07) is 0.815. The summed E-state index contributed by atoms with van der Waals surface area (Å²) in [4.78, 5) is 10.8. The molecule has 0 unspecified atom stereocenters. The molecule has 27 heavy (non-hydrogen) atoms. The van der Waals surface area contributed by atoms with Crippen molar-refractivity contribution >= 4 is 0 Å². The number of piperazine rings is 1. The van der Waals surface area contributed by atoms with Crippen molar-refractivity contribution < 1.29 is 4.74 Å². The molecule has 0 atom stereocenters. The zero-order chi connectivity index (χ0) is 19.5. The Labute approximate surface area is 168 Å². The van der Waals surface area contributed by atoms with Crippen LogP contribution < -0.4 is 0 Å². The minimum atomic E-state index is 0.292. The maximum absolute atomic E-state index is 5.52. The highest BCUT2D eigenvalue weighted by atomic mass is 16.5. The summed E-state index contributed by atoms with van der Waals surface area (Å²) in [5, 5.41) is 0. The van der Waals surface area contributed by atoms with Crippen LogP contribution in [0.4, 0.5) is 0 Å². The van der Waals surface area contributed by atoms with Crippen LogP contribution in [0.3, 0.4) is 0 Å². The molecule has 0 spiro atoms. The fourth-order valence-electron chi connectivity index (χ4n) is 5.01. The molecule has 3 aliphatic rings. The molecule has 0 aromatic carbocycles. The summed E-state index contributed by atoms with van der Waals surface area (Å²) < 4.78 is 5.52. The van der Waals surface area contributed by atoms with E-state index in [-0.39, 0.29) is 0 Å². The van der Waals surface area contributed by atoms with Gasteiger partial charge < -0.3 is 9.64 Å². The van der Waals surface area contributed by atoms with Gasteiger partial charge in [-0.2, -0.15) is 0 Å². The Morgan fingerprint density at radius 3 is 1.89 bits per heavy atom. The molecule has 3 rings (SSSR count). The van der Waals surface area contributed by atoms with E-state index in [4.69, 9.17) is 4.74 Å². The summed E-state index contributed by atoms with van der Waals surface area (Å²) in [5.41, 5.74) is 0.623. The smallest absolute Gasteiger partial charge is 0.0594 e. The maximum Gasteiger partial charge on any atom is 0.0594 e. The average molecular weight is 381 g/mol. The summed E-state index contributed by atoms with van der Waals surface area (Å²) in [5.74, 6) is 0. The zero-order valence-electron chi connectivity index (χ0n) is 18.7. The molecular formula is C22H44N4O. The van der Waals surface area contributed by atoms with E-state index in [0.29, 0.717) is 11.1 Å². The van der Waals surface area contributed by atoms with Crippen molar-refractivity contribution in [2.45, 2.75) is 71.0 Å². The van der Waals surface area contributed by atoms with Gasteiger partial charge in [-0.15, -0.1) is 0 Å². The Morgan fingerprint density at radius 1 is 0.741 bits per heavy atom. The predicted molar refractivity (Wildman–Crippen MR) is 113 cm³/mol. The molecule has 5 heteroatoms. The molecule has 5 nitrogen and oxygen atoms in total. The topological polar surface area (TPSA) is 22.2 Å². The van der Waals surface area contributed by atoms with Crippen LogP contribution in [0, 0.1) is 0 Å². The van der Waals surface area contributed by atoms with Crippen molar-refractivity contribution in [3.8, 4) is 0 Å². The number of likely N-dealkylation sites (tertiary alicyclic amines) is 1. The molecule has 0 saturated carbocycles. The zero-order valence-corrected chi connectivity index (χ0v) is 18.7. The molecule has 3 heterocycles. The van der Waals surface area contributed by atoms with Gasteiger partial charge in [-0.3, -0.25) is 14.7 Å². The molecule has 0 bridgehead atoms. The van der Waals surface area contributed by atoms with Crippen molar-refractivity contribution in [3.63, 3.8) is 0 Å². The monoisotopic (exact) mass is 380 g/mol. The van der Waals surface area contributed by atoms with Gasteiger partial charge in [0.05, 0.1) is 13.2 Å². The van der Waals surface area contributed by atoms with Crippen molar-refractivity contribution in [2.24, 2.45) is 0 Å². The van der Waals surface area contributed by atoms with Crippen LogP contribution in [0.2, 0.25) is 0 Å². The first-order valence-corrected chi connectivity index (χ1v) is 11.3. The third-order valence-corrected chi connectivity index (χ3v) is 7.24. The molecule has 0 N–H and O–H groups in total. The number of piperidine rings is 1. The first kappa shape index (κ1) is 21.5. The van der Waals surface area contributed by atoms with E-state index in [9.17, 15) is 0 Å². The summed E-state index contributed by atoms with van der Waals surface area (Å²) in [6.07, 6.45) is 3.96. The summed E-state index contributed by atoms with van der Waals surface area (Å²) in [7, 11) is 0. The minimum Gasteiger partial charge on any atom is -0.379 e. The second kappa shape index (κ2) is 9.08. The molecule has 0 aromatic rings. The van der Waals surface area contributed by atoms with Gasteiger partial charge in [0.25, 0.3) is 0 Å². The molecule has 0 aromatic heterocycles. The largest absolute Gasteiger partial charge is 0.379 e. The fourth-order valence-corrected chi connectivity index (χ4v) is 5.01. The molecule has 0 amide bonds. The number of hydrogen-bond acceptors (Lipinski definition) is 5. The quantitative estimate of drug-likeness (QED) is 0.728. The second-order valence-corrected chi connectivity index (χ2v) is 10.4. The van der Waals surface area contributed by atoms with E-state index in [1.165, 1.54) is 65.1 Å². The SMILES string of the molecule is CC(C)(C)N1CCC(N2CCN(CCC(C)(C)N3CCOCC3)CC2)CC1. The molecule has 158 valence electrons. The second-order valence-electron chi connectivity index (χ2n) is 10.4. The normalized spacial score (nSPS) is 26.6. The lowest BCUT2D eigenvalue weighted by atomic mass is 9.96. The van der Waals surface area contributed by atoms with Crippen molar-refractivity contribution in [2.75, 3.05) is 72.1 Å². The van der Waals surface area contributed by atoms with Gasteiger partial charge in [0, 0.05) is 69.5 Å². The third kappa shape index (κ3) is 5.89. The number of nitrogens with zero attached hydrogens (tertiary/aromatic N) is 4. The Morgan fingerprint density at radius 2 is 1.33 bits per heavy atom. The predicted octanol–water partition coefficient (Wildman–Crippen LogP) is 2.37. The van der Waals surface area contributed by atoms with Crippen LogP contribution in [0.15, 0.2) is 0 Å². The standard InChI is InChI=1S/C22H44N4O/c1-21(2,3)25-9-6-20(7-10-25)24-14-12-23(13-15-24)11-8-22(4,5)26-16-18-27-19-17-26/h20H,6-19H2,1-5H3. The van der Waals surface area contributed by atoms with E-state index in [1.54, 1.807) is 0 Å². The van der Waals surface area contributed by atoms with Gasteiger partial charge in [-0.25, -0.2) is 0 Å². The number of hydrogen-bond donors (Lipinski definition) is 0. The van der Waals surface area contributed by atoms with E-state index >= 15 is 0 Å². The van der Waals surface area contributed by atoms with E-state index in [2.05, 4.69) is 54.2 Å². The van der Waals surface area contributed by atoms with Crippen molar-refractivity contribution in [1.29, 1.82) is 0 Å². The first-order valence-electron chi connectivity index (χ1n) is 11.3. The molecule has 3 saturated heterocycles. The Bertz CT molecular complexity index is 440. The lowest BCUT2D eigenvalue weighted by Crippen LogP contribution is -2.56. The van der Waals surface area contributed by atoms with Gasteiger partial charge in [0.2, 0.25) is 0 Å². The lowest BCUT2D eigenvalue weighted by Gasteiger charge is -2.46. The number of ether oxygens (including phenoxy) is 1. The maximum atomic E-state index is 5.52. The van der Waals surface area contributed by atoms with Crippen molar-refractivity contribution in [3.05, 3.63) is 0 Å². The van der Waals surface area contributed by atoms with Crippen LogP contribution in [-0.4, -0.2) is 109 Å². The summed E-state index contributed by atoms with van der Waals surface area (Å²) >= 11 is 0. The average Bonchev–Trinajstić information content (AvgIpc) is 2.67. The first-order chi connectivity index (χ1) is 12.8. The lowest BCUT2D eigenvalue weighted by molar-refractivity contribution is -0.0184. The van der Waals surface area contributed by atoms with Crippen LogP contribution in [0.1, 0.15) is 53.9 Å². The van der Waals surface area contributed by atoms with Crippen LogP contribution >= 0.6 is 0 Å². The molecule has 3 fully saturated rings. The van der Waals surface area contributed by atoms with Gasteiger partial charge in [-0.1, -0.05) is 0 Å². The molecule has 3 aliphatic heterocycles. The van der Waals surface area contributed by atoms with Crippen molar-refractivity contribution in [1.82, 2.24) is 19.6 Å². The molecule has 0 radical (unpaired) electrons. The number of morpholine rings is 1. The highest BCUT2D eigenvalue weighted by molar-refractivity contribution is 4.89. The van der Waals surface area contributed by atoms with Gasteiger partial charge in [0.1, 0.15) is 0 Å². The Kier molecular flexibility index (Phi) is 7.23. The number of rotatable bonds is 5. The van der Waals surface area contributed by atoms with Gasteiger partial charge in [0.15, 0.2) is 0 Å². The molecule has 0 aliphatic carbocycles. The highest BCUT2D eigenvalue weighted by Gasteiger charge is 2.32. The fraction of sp³-hybridized carbons (Fsp3) is 1.00. The van der Waals surface area contributed by atoms with Gasteiger partial charge in [-0.05, 0) is 60.4 Å². The Balaban J connectivity index is 1.37. The van der Waals surface area contributed by atoms with Crippen LogP contribution in [-0.2, 0) is 4.74 Å². The minimum absolute atomic E-state index is 0.292. The van der Waals surface area contributed by atoms with E-state index in [1.807, 2.05) is 0 Å². The summed E-state index contributed by atoms with van der Waals surface area (Å²) in [6.45, 7) is 24.7. The Hall–Kier alpha value is -0.200. The van der Waals surface area contributed by atoms with Crippen LogP contribution in [0.25, 0.3) is 0 Å². The van der Waals surface area contributed by atoms with Crippen LogP contribution in [0.5, 0.6) is 0 Å². The molecular weight excluding hydrogens is 336 g/mol.